The average molecular weight is 275 g/mol. The van der Waals surface area contributed by atoms with Crippen LogP contribution in [0.4, 0.5) is 0 Å². The normalized spacial score (nSPS) is 19.7. The van der Waals surface area contributed by atoms with Crippen molar-refractivity contribution in [1.82, 2.24) is 0 Å². The molecule has 0 spiro atoms. The Kier molecular flexibility index (Phi) is 5.32. The number of hydrogen-bond donors (Lipinski definition) is 1. The lowest BCUT2D eigenvalue weighted by molar-refractivity contribution is -0.126. The SMILES string of the molecule is CC(C)CC(CN)C(=O)CC1OCCc2ccccc21. The van der Waals surface area contributed by atoms with Gasteiger partial charge in [0.1, 0.15) is 5.78 Å². The molecular weight excluding hydrogens is 250 g/mol. The molecule has 0 saturated heterocycles. The molecule has 2 N–H and O–H groups in total. The van der Waals surface area contributed by atoms with E-state index in [2.05, 4.69) is 26.0 Å². The van der Waals surface area contributed by atoms with Gasteiger partial charge in [-0.3, -0.25) is 4.79 Å². The van der Waals surface area contributed by atoms with E-state index >= 15 is 0 Å². The lowest BCUT2D eigenvalue weighted by Crippen LogP contribution is -2.28. The zero-order valence-electron chi connectivity index (χ0n) is 12.5. The van der Waals surface area contributed by atoms with Crippen molar-refractivity contribution in [1.29, 1.82) is 0 Å². The van der Waals surface area contributed by atoms with Gasteiger partial charge >= 0.3 is 0 Å². The molecule has 0 aromatic heterocycles. The summed E-state index contributed by atoms with van der Waals surface area (Å²) in [5, 5.41) is 0. The third-order valence-corrected chi connectivity index (χ3v) is 3.97. The highest BCUT2D eigenvalue weighted by Crippen LogP contribution is 2.31. The molecular formula is C17H25NO2. The molecule has 2 unspecified atom stereocenters. The van der Waals surface area contributed by atoms with E-state index in [1.54, 1.807) is 0 Å². The molecule has 0 amide bonds. The first-order valence-corrected chi connectivity index (χ1v) is 7.54. The second-order valence-corrected chi connectivity index (χ2v) is 6.04. The van der Waals surface area contributed by atoms with E-state index in [-0.39, 0.29) is 17.8 Å². The molecule has 0 saturated carbocycles. The minimum atomic E-state index is -0.0892. The number of hydrogen-bond acceptors (Lipinski definition) is 3. The van der Waals surface area contributed by atoms with Crippen molar-refractivity contribution in [3.8, 4) is 0 Å². The predicted molar refractivity (Wildman–Crippen MR) is 80.5 cm³/mol. The van der Waals surface area contributed by atoms with E-state index in [0.29, 0.717) is 25.5 Å². The third-order valence-electron chi connectivity index (χ3n) is 3.97. The average Bonchev–Trinajstić information content (AvgIpc) is 2.45. The van der Waals surface area contributed by atoms with Crippen LogP contribution in [0, 0.1) is 11.8 Å². The van der Waals surface area contributed by atoms with Crippen molar-refractivity contribution in [2.45, 2.75) is 39.2 Å². The molecule has 20 heavy (non-hydrogen) atoms. The fourth-order valence-electron chi connectivity index (χ4n) is 2.92. The summed E-state index contributed by atoms with van der Waals surface area (Å²) in [5.41, 5.74) is 8.24. The Balaban J connectivity index is 2.05. The molecule has 0 bridgehead atoms. The van der Waals surface area contributed by atoms with Gasteiger partial charge in [-0.1, -0.05) is 38.1 Å². The van der Waals surface area contributed by atoms with E-state index in [0.717, 1.165) is 12.8 Å². The van der Waals surface area contributed by atoms with E-state index in [9.17, 15) is 4.79 Å². The molecule has 0 fully saturated rings. The highest BCUT2D eigenvalue weighted by Gasteiger charge is 2.26. The van der Waals surface area contributed by atoms with Crippen molar-refractivity contribution >= 4 is 5.78 Å². The standard InChI is InChI=1S/C17H25NO2/c1-12(2)9-14(11-18)16(19)10-17-15-6-4-3-5-13(15)7-8-20-17/h3-6,12,14,17H,7-11,18H2,1-2H3. The quantitative estimate of drug-likeness (QED) is 0.868. The Bertz CT molecular complexity index is 456. The van der Waals surface area contributed by atoms with Crippen molar-refractivity contribution in [3.63, 3.8) is 0 Å². The van der Waals surface area contributed by atoms with Crippen LogP contribution in [0.25, 0.3) is 0 Å². The summed E-state index contributed by atoms with van der Waals surface area (Å²) in [4.78, 5) is 12.4. The van der Waals surface area contributed by atoms with Crippen LogP contribution in [-0.2, 0) is 16.0 Å². The zero-order chi connectivity index (χ0) is 14.5. The van der Waals surface area contributed by atoms with Crippen molar-refractivity contribution in [2.24, 2.45) is 17.6 Å². The van der Waals surface area contributed by atoms with Crippen LogP contribution in [0.1, 0.15) is 43.9 Å². The van der Waals surface area contributed by atoms with Gasteiger partial charge in [0.25, 0.3) is 0 Å². The van der Waals surface area contributed by atoms with Crippen molar-refractivity contribution in [2.75, 3.05) is 13.2 Å². The minimum Gasteiger partial charge on any atom is -0.373 e. The van der Waals surface area contributed by atoms with E-state index in [1.165, 1.54) is 11.1 Å². The zero-order valence-corrected chi connectivity index (χ0v) is 12.5. The second kappa shape index (κ2) is 7.00. The van der Waals surface area contributed by atoms with Gasteiger partial charge < -0.3 is 10.5 Å². The fraction of sp³-hybridized carbons (Fsp3) is 0.588. The lowest BCUT2D eigenvalue weighted by atomic mass is 9.87. The Morgan fingerprint density at radius 2 is 2.15 bits per heavy atom. The number of carbonyl (C=O) groups is 1. The molecule has 2 rings (SSSR count). The highest BCUT2D eigenvalue weighted by atomic mass is 16.5. The van der Waals surface area contributed by atoms with Gasteiger partial charge in [-0.25, -0.2) is 0 Å². The number of ketones is 1. The number of benzene rings is 1. The van der Waals surface area contributed by atoms with Gasteiger partial charge in [-0.05, 0) is 29.9 Å². The predicted octanol–water partition coefficient (Wildman–Crippen LogP) is 2.88. The molecule has 1 aliphatic rings. The Hall–Kier alpha value is -1.19. The molecule has 0 radical (unpaired) electrons. The number of rotatable bonds is 6. The van der Waals surface area contributed by atoms with Crippen LogP contribution < -0.4 is 5.73 Å². The Morgan fingerprint density at radius 1 is 1.40 bits per heavy atom. The van der Waals surface area contributed by atoms with Crippen molar-refractivity contribution in [3.05, 3.63) is 35.4 Å². The smallest absolute Gasteiger partial charge is 0.140 e. The van der Waals surface area contributed by atoms with Gasteiger partial charge in [0, 0.05) is 18.9 Å². The van der Waals surface area contributed by atoms with Crippen LogP contribution in [0.15, 0.2) is 24.3 Å². The summed E-state index contributed by atoms with van der Waals surface area (Å²) in [6.45, 7) is 5.39. The summed E-state index contributed by atoms with van der Waals surface area (Å²) in [5.74, 6) is 0.697. The first-order valence-electron chi connectivity index (χ1n) is 7.54. The summed E-state index contributed by atoms with van der Waals surface area (Å²) < 4.78 is 5.81. The number of nitrogens with two attached hydrogens (primary N) is 1. The molecule has 1 aromatic rings. The van der Waals surface area contributed by atoms with Gasteiger partial charge in [-0.2, -0.15) is 0 Å². The van der Waals surface area contributed by atoms with Crippen LogP contribution in [0.3, 0.4) is 0 Å². The molecule has 1 heterocycles. The summed E-state index contributed by atoms with van der Waals surface area (Å²) in [7, 11) is 0. The monoisotopic (exact) mass is 275 g/mol. The third kappa shape index (κ3) is 3.68. The Morgan fingerprint density at radius 3 is 2.85 bits per heavy atom. The Labute approximate surface area is 121 Å². The maximum atomic E-state index is 12.4. The summed E-state index contributed by atoms with van der Waals surface area (Å²) in [6, 6.07) is 8.26. The fourth-order valence-corrected chi connectivity index (χ4v) is 2.92. The summed E-state index contributed by atoms with van der Waals surface area (Å²) in [6.07, 6.45) is 2.16. The highest BCUT2D eigenvalue weighted by molar-refractivity contribution is 5.82. The topological polar surface area (TPSA) is 52.3 Å². The molecule has 110 valence electrons. The molecule has 3 nitrogen and oxygen atoms in total. The van der Waals surface area contributed by atoms with Crippen LogP contribution in [0.5, 0.6) is 0 Å². The molecule has 3 heteroatoms. The number of ether oxygens (including phenoxy) is 1. The molecule has 2 atom stereocenters. The number of fused-ring (bicyclic) bond motifs is 1. The summed E-state index contributed by atoms with van der Waals surface area (Å²) >= 11 is 0. The van der Waals surface area contributed by atoms with Crippen LogP contribution in [0.2, 0.25) is 0 Å². The number of Topliss-reactive ketones (excluding diaryl/α,β-unsaturated/α-hetero) is 1. The maximum absolute atomic E-state index is 12.4. The van der Waals surface area contributed by atoms with Gasteiger partial charge in [0.05, 0.1) is 12.7 Å². The molecule has 1 aromatic carbocycles. The first-order chi connectivity index (χ1) is 9.61. The molecule has 1 aliphatic heterocycles. The molecule has 0 aliphatic carbocycles. The minimum absolute atomic E-state index is 0.0345. The lowest BCUT2D eigenvalue weighted by Gasteiger charge is -2.27. The van der Waals surface area contributed by atoms with Gasteiger partial charge in [0.2, 0.25) is 0 Å². The van der Waals surface area contributed by atoms with E-state index in [1.807, 2.05) is 12.1 Å². The largest absolute Gasteiger partial charge is 0.373 e. The van der Waals surface area contributed by atoms with Crippen molar-refractivity contribution < 1.29 is 9.53 Å². The van der Waals surface area contributed by atoms with Crippen LogP contribution >= 0.6 is 0 Å². The number of carbonyl (C=O) groups excluding carboxylic acids is 1. The van der Waals surface area contributed by atoms with E-state index < -0.39 is 0 Å². The van der Waals surface area contributed by atoms with Gasteiger partial charge in [0.15, 0.2) is 0 Å². The first kappa shape index (κ1) is 15.2. The maximum Gasteiger partial charge on any atom is 0.140 e. The van der Waals surface area contributed by atoms with Gasteiger partial charge in [-0.15, -0.1) is 0 Å². The van der Waals surface area contributed by atoms with Crippen LogP contribution in [-0.4, -0.2) is 18.9 Å². The second-order valence-electron chi connectivity index (χ2n) is 6.04. The van der Waals surface area contributed by atoms with E-state index in [4.69, 9.17) is 10.5 Å².